The van der Waals surface area contributed by atoms with Gasteiger partial charge in [-0.1, -0.05) is 40.9 Å². The van der Waals surface area contributed by atoms with Gasteiger partial charge in [0.05, 0.1) is 15.3 Å². The van der Waals surface area contributed by atoms with Gasteiger partial charge in [-0.15, -0.1) is 0 Å². The first-order valence-corrected chi connectivity index (χ1v) is 20.2. The number of fused-ring (bicyclic) bond motifs is 1. The molecular formula is C41H39CoN10O9S2-. The van der Waals surface area contributed by atoms with Crippen LogP contribution in [0.3, 0.4) is 0 Å². The predicted octanol–water partition coefficient (Wildman–Crippen LogP) is 5.86. The van der Waals surface area contributed by atoms with E-state index < -0.39 is 9.85 Å². The first-order valence-electron chi connectivity index (χ1n) is 18.5. The Balaban J connectivity index is 0.000000211. The number of hydrogen-bond acceptors (Lipinski definition) is 16. The van der Waals surface area contributed by atoms with Crippen molar-refractivity contribution in [3.8, 4) is 5.75 Å². The molecule has 3 heterocycles. The van der Waals surface area contributed by atoms with Crippen molar-refractivity contribution in [3.05, 3.63) is 150 Å². The predicted molar refractivity (Wildman–Crippen MR) is 235 cm³/mol. The number of benzene rings is 2. The number of phenolic OH excluding ortho intramolecular Hbond substituents is 1. The zero-order valence-electron chi connectivity index (χ0n) is 34.1. The van der Waals surface area contributed by atoms with Gasteiger partial charge in [0.15, 0.2) is 17.3 Å². The van der Waals surface area contributed by atoms with Gasteiger partial charge in [-0.25, -0.2) is 0 Å². The molecular weight excluding hydrogens is 900 g/mol. The number of aromatic nitrogens is 2. The van der Waals surface area contributed by atoms with E-state index in [1.54, 1.807) is 0 Å². The Hall–Kier alpha value is -7.14. The molecule has 0 amide bonds. The molecule has 63 heavy (non-hydrogen) atoms. The van der Waals surface area contributed by atoms with Crippen molar-refractivity contribution >= 4 is 78.8 Å². The Kier molecular flexibility index (Phi) is 16.6. The van der Waals surface area contributed by atoms with Gasteiger partial charge < -0.3 is 40.4 Å². The third kappa shape index (κ3) is 12.2. The molecule has 0 bridgehead atoms. The zero-order valence-corrected chi connectivity index (χ0v) is 36.8. The number of para-hydroxylation sites is 1. The number of carbonyl (C=O) groups excluding carboxylic acids is 2. The minimum Gasteiger partial charge on any atom is -0.507 e. The van der Waals surface area contributed by atoms with Crippen LogP contribution >= 0.6 is 22.7 Å². The molecule has 22 heteroatoms. The molecule has 0 unspecified atom stereocenters. The van der Waals surface area contributed by atoms with Crippen LogP contribution in [0.4, 0.5) is 21.4 Å². The van der Waals surface area contributed by atoms with Crippen LogP contribution in [0.25, 0.3) is 6.08 Å². The molecule has 2 aromatic carbocycles. The van der Waals surface area contributed by atoms with E-state index in [1.807, 2.05) is 18.2 Å². The molecule has 1 radical (unpaired) electrons. The standard InChI is InChI=1S/C23H28N2O.2C9H6N4O4S.Co/c1-6-25(7-2)18-14-12-17(21(26)16-18)13-15-22-23(3,4)19-10-8-9-11-20(19)24(22)5;2*14-5-1-2-6(7(15)3-5)11-12-9-10-4-8(18-9)13(16)17;/h8-16H,6-7H2,1-5H3;2*1-4H,(H2,10,12,14,15);/p-1. The van der Waals surface area contributed by atoms with E-state index in [2.05, 4.69) is 111 Å². The van der Waals surface area contributed by atoms with Crippen molar-refractivity contribution in [2.75, 3.05) is 25.0 Å². The average Bonchev–Trinajstić information content (AvgIpc) is 3.96. The summed E-state index contributed by atoms with van der Waals surface area (Å²) in [5.41, 5.74) is 5.84. The number of ketones is 2. The maximum atomic E-state index is 10.9. The summed E-state index contributed by atoms with van der Waals surface area (Å²) in [7, 11) is 2.11. The third-order valence-electron chi connectivity index (χ3n) is 9.21. The normalized spacial score (nSPS) is 16.8. The van der Waals surface area contributed by atoms with Gasteiger partial charge in [0, 0.05) is 99.0 Å². The molecule has 2 aromatic heterocycles. The molecule has 0 atom stereocenters. The molecule has 1 aliphatic heterocycles. The monoisotopic (exact) mass is 938 g/mol. The molecule has 19 nitrogen and oxygen atoms in total. The number of allylic oxidation sites excluding steroid dienone is 7. The fourth-order valence-corrected chi connectivity index (χ4v) is 7.18. The molecule has 2 aliphatic carbocycles. The molecule has 7 rings (SSSR count). The minimum atomic E-state index is -0.583. The van der Waals surface area contributed by atoms with Gasteiger partial charge in [0.2, 0.25) is 5.69 Å². The smallest absolute Gasteiger partial charge is 0.319 e. The van der Waals surface area contributed by atoms with Crippen LogP contribution in [0.15, 0.2) is 129 Å². The number of anilines is 1. The fourth-order valence-electron chi connectivity index (χ4n) is 6.07. The summed E-state index contributed by atoms with van der Waals surface area (Å²) in [6.45, 7) is 10.6. The number of aliphatic hydroxyl groups excluding tert-OH is 2. The number of rotatable bonds is 9. The molecule has 3 N–H and O–H groups in total. The van der Waals surface area contributed by atoms with E-state index in [-0.39, 0.29) is 76.3 Å². The Morgan fingerprint density at radius 2 is 1.29 bits per heavy atom. The van der Waals surface area contributed by atoms with Crippen molar-refractivity contribution in [2.45, 2.75) is 33.1 Å². The van der Waals surface area contributed by atoms with E-state index in [9.17, 15) is 45.1 Å². The fraction of sp³-hybridized carbons (Fsp3) is 0.195. The quantitative estimate of drug-likeness (QED) is 0.0772. The number of phenols is 1. The van der Waals surface area contributed by atoms with Gasteiger partial charge in [-0.2, -0.15) is 4.58 Å². The SMILES string of the molecule is CCN(CC)c1ccc(/C=C/C2=[N+](C)c3ccccc3C2(C)C)c(O)c1.O=C1C=CC(=NN=c2[n-]cc([N+](=O)[O-])s2)C(O)=C1.O=C1C=CC(=NN=c2[n-]cc([N+](=O)[O-])s2)C(O)=C1.[Co]. The molecule has 3 aliphatic rings. The van der Waals surface area contributed by atoms with Crippen molar-refractivity contribution in [1.82, 2.24) is 9.97 Å². The number of carbonyl (C=O) groups is 2. The average molecular weight is 939 g/mol. The number of aromatic hydroxyl groups is 1. The van der Waals surface area contributed by atoms with Gasteiger partial charge in [-0.3, -0.25) is 40.0 Å². The third-order valence-corrected chi connectivity index (χ3v) is 10.9. The Bertz CT molecular complexity index is 2700. The van der Waals surface area contributed by atoms with Gasteiger partial charge in [0.1, 0.15) is 35.7 Å². The van der Waals surface area contributed by atoms with Crippen molar-refractivity contribution < 1.29 is 56.1 Å². The number of thiazole rings is 2. The van der Waals surface area contributed by atoms with E-state index in [4.69, 9.17) is 0 Å². The molecule has 0 saturated heterocycles. The summed E-state index contributed by atoms with van der Waals surface area (Å²) in [5, 5.41) is 64.3. The van der Waals surface area contributed by atoms with E-state index in [0.29, 0.717) is 5.75 Å². The topological polar surface area (TPSA) is 265 Å². The maximum absolute atomic E-state index is 10.9. The van der Waals surface area contributed by atoms with Crippen LogP contribution in [0.2, 0.25) is 0 Å². The molecule has 4 aromatic rings. The second kappa shape index (κ2) is 21.6. The summed E-state index contributed by atoms with van der Waals surface area (Å²) in [5.74, 6) is -0.996. The first kappa shape index (κ1) is 48.5. The zero-order chi connectivity index (χ0) is 45.1. The first-order chi connectivity index (χ1) is 29.5. The largest absolute Gasteiger partial charge is 0.507 e. The molecule has 0 fully saturated rings. The van der Waals surface area contributed by atoms with E-state index in [1.165, 1.54) is 41.3 Å². The molecule has 0 spiro atoms. The van der Waals surface area contributed by atoms with Crippen molar-refractivity contribution in [3.63, 3.8) is 0 Å². The number of aliphatic hydroxyl groups is 2. The Morgan fingerprint density at radius 3 is 1.71 bits per heavy atom. The molecule has 329 valence electrons. The second-order valence-electron chi connectivity index (χ2n) is 13.5. The number of hydrogen-bond donors (Lipinski definition) is 3. The maximum Gasteiger partial charge on any atom is 0.319 e. The second-order valence-corrected chi connectivity index (χ2v) is 15.5. The van der Waals surface area contributed by atoms with Gasteiger partial charge in [-0.05, 0) is 70.2 Å². The van der Waals surface area contributed by atoms with Crippen LogP contribution in [-0.4, -0.2) is 78.6 Å². The van der Waals surface area contributed by atoms with Crippen LogP contribution in [-0.2, 0) is 31.8 Å². The van der Waals surface area contributed by atoms with Crippen LogP contribution in [0.5, 0.6) is 5.75 Å². The van der Waals surface area contributed by atoms with Crippen molar-refractivity contribution in [1.29, 1.82) is 0 Å². The summed E-state index contributed by atoms with van der Waals surface area (Å²) >= 11 is 1.51. The van der Waals surface area contributed by atoms with Crippen LogP contribution in [0.1, 0.15) is 38.8 Å². The summed E-state index contributed by atoms with van der Waals surface area (Å²) in [4.78, 5) is 51.2. The number of nitrogens with zero attached hydrogens (tertiary/aromatic N) is 10. The van der Waals surface area contributed by atoms with Crippen LogP contribution < -0.4 is 24.5 Å². The summed E-state index contributed by atoms with van der Waals surface area (Å²) in [6, 6.07) is 14.5. The number of nitro groups is 2. The van der Waals surface area contributed by atoms with E-state index in [0.717, 1.165) is 71.6 Å². The summed E-state index contributed by atoms with van der Waals surface area (Å²) < 4.78 is 2.24. The Labute approximate surface area is 377 Å². The molecule has 0 saturated carbocycles. The van der Waals surface area contributed by atoms with Gasteiger partial charge in [0.25, 0.3) is 0 Å². The van der Waals surface area contributed by atoms with Gasteiger partial charge >= 0.3 is 10.0 Å². The van der Waals surface area contributed by atoms with Crippen LogP contribution in [0, 0.1) is 20.2 Å². The van der Waals surface area contributed by atoms with E-state index >= 15 is 0 Å². The summed E-state index contributed by atoms with van der Waals surface area (Å²) in [6.07, 6.45) is 13.3. The Morgan fingerprint density at radius 1 is 0.778 bits per heavy atom. The van der Waals surface area contributed by atoms with Crippen molar-refractivity contribution in [2.24, 2.45) is 20.4 Å². The minimum absolute atomic E-state index is 0.